The molecule has 1 heterocycles. The highest BCUT2D eigenvalue weighted by Gasteiger charge is 2.37. The Morgan fingerprint density at radius 1 is 1.06 bits per heavy atom. The first kappa shape index (κ1) is 22.9. The Morgan fingerprint density at radius 2 is 1.76 bits per heavy atom. The molecule has 0 bridgehead atoms. The number of nitrogens with one attached hydrogen (secondary N) is 1. The molecular formula is C26H28N2O4S. The number of anilines is 1. The highest BCUT2D eigenvalue weighted by Crippen LogP contribution is 2.36. The van der Waals surface area contributed by atoms with Crippen LogP contribution in [0.3, 0.4) is 0 Å². The molecule has 0 radical (unpaired) electrons. The number of nitrogens with zero attached hydrogens (tertiary/aromatic N) is 1. The van der Waals surface area contributed by atoms with Gasteiger partial charge < -0.3 is 10.1 Å². The van der Waals surface area contributed by atoms with E-state index in [1.54, 1.807) is 36.4 Å². The molecule has 1 amide bonds. The van der Waals surface area contributed by atoms with E-state index >= 15 is 0 Å². The fourth-order valence-electron chi connectivity index (χ4n) is 4.16. The van der Waals surface area contributed by atoms with Crippen LogP contribution in [0.15, 0.2) is 72.8 Å². The van der Waals surface area contributed by atoms with E-state index in [1.165, 1.54) is 4.31 Å². The van der Waals surface area contributed by atoms with Crippen molar-refractivity contribution >= 4 is 21.6 Å². The standard InChI is InChI=1S/C26H28N2O4S/c1-18-13-14-22(19(2)15-18)20(3)27-26(29)25-16-28(23-11-7-8-12-24(23)32-25)33(30,31)17-21-9-5-4-6-10-21/h4-15,20,25H,16-17H2,1-3H3,(H,27,29). The van der Waals surface area contributed by atoms with Crippen LogP contribution in [0.1, 0.15) is 35.2 Å². The highest BCUT2D eigenvalue weighted by molar-refractivity contribution is 7.92. The van der Waals surface area contributed by atoms with Crippen LogP contribution in [-0.4, -0.2) is 27.0 Å². The van der Waals surface area contributed by atoms with Crippen LogP contribution >= 0.6 is 0 Å². The number of para-hydroxylation sites is 2. The maximum atomic E-state index is 13.3. The number of amides is 1. The van der Waals surface area contributed by atoms with Gasteiger partial charge in [-0.25, -0.2) is 8.42 Å². The van der Waals surface area contributed by atoms with Gasteiger partial charge in [0.25, 0.3) is 5.91 Å². The summed E-state index contributed by atoms with van der Waals surface area (Å²) in [6, 6.07) is 21.8. The van der Waals surface area contributed by atoms with Gasteiger partial charge >= 0.3 is 0 Å². The summed E-state index contributed by atoms with van der Waals surface area (Å²) in [6.07, 6.45) is -0.960. The predicted octanol–water partition coefficient (Wildman–Crippen LogP) is 4.28. The van der Waals surface area contributed by atoms with Crippen molar-refractivity contribution in [3.8, 4) is 5.75 Å². The van der Waals surface area contributed by atoms with E-state index in [-0.39, 0.29) is 24.2 Å². The molecule has 0 aliphatic carbocycles. The lowest BCUT2D eigenvalue weighted by Crippen LogP contribution is -2.51. The summed E-state index contributed by atoms with van der Waals surface area (Å²) in [6.45, 7) is 5.86. The van der Waals surface area contributed by atoms with Crippen LogP contribution in [0.25, 0.3) is 0 Å². The van der Waals surface area contributed by atoms with Gasteiger partial charge in [0.1, 0.15) is 5.75 Å². The van der Waals surface area contributed by atoms with E-state index in [9.17, 15) is 13.2 Å². The third kappa shape index (κ3) is 5.03. The number of aryl methyl sites for hydroxylation is 2. The predicted molar refractivity (Wildman–Crippen MR) is 130 cm³/mol. The van der Waals surface area contributed by atoms with Gasteiger partial charge in [-0.1, -0.05) is 66.2 Å². The van der Waals surface area contributed by atoms with Crippen molar-refractivity contribution in [3.05, 3.63) is 95.1 Å². The van der Waals surface area contributed by atoms with Gasteiger partial charge in [-0.2, -0.15) is 0 Å². The number of fused-ring (bicyclic) bond motifs is 1. The zero-order valence-corrected chi connectivity index (χ0v) is 19.8. The van der Waals surface area contributed by atoms with E-state index < -0.39 is 16.1 Å². The van der Waals surface area contributed by atoms with Crippen molar-refractivity contribution in [2.24, 2.45) is 0 Å². The van der Waals surface area contributed by atoms with Crippen molar-refractivity contribution in [3.63, 3.8) is 0 Å². The molecule has 3 aromatic carbocycles. The van der Waals surface area contributed by atoms with E-state index in [1.807, 2.05) is 51.1 Å². The zero-order valence-electron chi connectivity index (χ0n) is 19.0. The molecule has 2 unspecified atom stereocenters. The molecule has 3 aromatic rings. The zero-order chi connectivity index (χ0) is 23.6. The fraction of sp³-hybridized carbons (Fsp3) is 0.269. The number of hydrogen-bond donors (Lipinski definition) is 1. The summed E-state index contributed by atoms with van der Waals surface area (Å²) in [4.78, 5) is 13.1. The number of carbonyl (C=O) groups excluding carboxylic acids is 1. The number of ether oxygens (including phenoxy) is 1. The van der Waals surface area contributed by atoms with Gasteiger partial charge in [-0.05, 0) is 49.6 Å². The molecule has 1 aliphatic heterocycles. The van der Waals surface area contributed by atoms with Crippen molar-refractivity contribution in [1.82, 2.24) is 5.32 Å². The van der Waals surface area contributed by atoms with Crippen LogP contribution in [0.5, 0.6) is 5.75 Å². The quantitative estimate of drug-likeness (QED) is 0.591. The molecule has 7 heteroatoms. The second-order valence-electron chi connectivity index (χ2n) is 8.44. The molecule has 0 saturated heterocycles. The molecule has 0 spiro atoms. The van der Waals surface area contributed by atoms with Gasteiger partial charge in [0.2, 0.25) is 10.0 Å². The van der Waals surface area contributed by atoms with E-state index in [0.29, 0.717) is 17.0 Å². The van der Waals surface area contributed by atoms with Crippen LogP contribution < -0.4 is 14.4 Å². The van der Waals surface area contributed by atoms with Crippen LogP contribution in [-0.2, 0) is 20.6 Å². The van der Waals surface area contributed by atoms with Gasteiger partial charge in [0, 0.05) is 0 Å². The minimum atomic E-state index is -3.74. The van der Waals surface area contributed by atoms with Gasteiger partial charge in [-0.3, -0.25) is 9.10 Å². The number of benzene rings is 3. The SMILES string of the molecule is Cc1ccc(C(C)NC(=O)C2CN(S(=O)(=O)Cc3ccccc3)c3ccccc3O2)c(C)c1. The lowest BCUT2D eigenvalue weighted by atomic mass is 10.00. The summed E-state index contributed by atoms with van der Waals surface area (Å²) in [7, 11) is -3.74. The molecule has 2 atom stereocenters. The molecule has 6 nitrogen and oxygen atoms in total. The van der Waals surface area contributed by atoms with Crippen LogP contribution in [0.2, 0.25) is 0 Å². The van der Waals surface area contributed by atoms with Crippen molar-refractivity contribution in [2.45, 2.75) is 38.7 Å². The minimum Gasteiger partial charge on any atom is -0.476 e. The summed E-state index contributed by atoms with van der Waals surface area (Å²) in [5.41, 5.74) is 4.38. The molecule has 172 valence electrons. The van der Waals surface area contributed by atoms with E-state index in [0.717, 1.165) is 16.7 Å². The largest absolute Gasteiger partial charge is 0.476 e. The Balaban J connectivity index is 1.57. The third-order valence-corrected chi connectivity index (χ3v) is 7.52. The molecule has 0 saturated carbocycles. The van der Waals surface area contributed by atoms with Crippen molar-refractivity contribution in [2.75, 3.05) is 10.8 Å². The van der Waals surface area contributed by atoms with Crippen molar-refractivity contribution in [1.29, 1.82) is 0 Å². The first-order chi connectivity index (χ1) is 15.7. The Bertz CT molecular complexity index is 1260. The van der Waals surface area contributed by atoms with Gasteiger partial charge in [0.05, 0.1) is 24.0 Å². The summed E-state index contributed by atoms with van der Waals surface area (Å²) < 4.78 is 33.9. The van der Waals surface area contributed by atoms with Crippen molar-refractivity contribution < 1.29 is 17.9 Å². The number of rotatable bonds is 6. The lowest BCUT2D eigenvalue weighted by molar-refractivity contribution is -0.128. The molecule has 1 aliphatic rings. The van der Waals surface area contributed by atoms with Gasteiger partial charge in [-0.15, -0.1) is 0 Å². The first-order valence-electron chi connectivity index (χ1n) is 10.9. The first-order valence-corrected chi connectivity index (χ1v) is 12.5. The number of carbonyl (C=O) groups is 1. The average Bonchev–Trinajstić information content (AvgIpc) is 2.78. The fourth-order valence-corrected chi connectivity index (χ4v) is 5.74. The molecule has 0 aromatic heterocycles. The normalized spacial score (nSPS) is 16.5. The third-order valence-electron chi connectivity index (χ3n) is 5.81. The van der Waals surface area contributed by atoms with Crippen LogP contribution in [0, 0.1) is 13.8 Å². The topological polar surface area (TPSA) is 75.7 Å². The molecule has 1 N–H and O–H groups in total. The number of sulfonamides is 1. The minimum absolute atomic E-state index is 0.0857. The van der Waals surface area contributed by atoms with Gasteiger partial charge in [0.15, 0.2) is 6.10 Å². The molecule has 0 fully saturated rings. The smallest absolute Gasteiger partial charge is 0.263 e. The molecular weight excluding hydrogens is 436 g/mol. The second kappa shape index (κ2) is 9.27. The molecule has 4 rings (SSSR count). The highest BCUT2D eigenvalue weighted by atomic mass is 32.2. The van der Waals surface area contributed by atoms with E-state index in [2.05, 4.69) is 11.4 Å². The Hall–Kier alpha value is -3.32. The van der Waals surface area contributed by atoms with Crippen LogP contribution in [0.4, 0.5) is 5.69 Å². The van der Waals surface area contributed by atoms with E-state index in [4.69, 9.17) is 4.74 Å². The maximum absolute atomic E-state index is 13.3. The monoisotopic (exact) mass is 464 g/mol. The Labute approximate surface area is 195 Å². The lowest BCUT2D eigenvalue weighted by Gasteiger charge is -2.35. The molecule has 33 heavy (non-hydrogen) atoms. The summed E-state index contributed by atoms with van der Waals surface area (Å²) in [5, 5.41) is 2.99. The number of hydrogen-bond acceptors (Lipinski definition) is 4. The second-order valence-corrected chi connectivity index (χ2v) is 10.3. The summed E-state index contributed by atoms with van der Waals surface area (Å²) >= 11 is 0. The Morgan fingerprint density at radius 3 is 2.48 bits per heavy atom. The average molecular weight is 465 g/mol. The Kier molecular flexibility index (Phi) is 6.42. The summed E-state index contributed by atoms with van der Waals surface area (Å²) in [5.74, 6) is -0.133. The maximum Gasteiger partial charge on any atom is 0.263 e.